The fourth-order valence-electron chi connectivity index (χ4n) is 3.17. The van der Waals surface area contributed by atoms with Crippen LogP contribution in [-0.2, 0) is 0 Å². The summed E-state index contributed by atoms with van der Waals surface area (Å²) in [6.45, 7) is 8.09. The van der Waals surface area contributed by atoms with Gasteiger partial charge in [0.1, 0.15) is 0 Å². The second-order valence-electron chi connectivity index (χ2n) is 6.45. The zero-order valence-corrected chi connectivity index (χ0v) is 12.8. The van der Waals surface area contributed by atoms with Crippen LogP contribution in [0.15, 0.2) is 24.3 Å². The van der Waals surface area contributed by atoms with Crippen molar-refractivity contribution < 1.29 is 0 Å². The van der Waals surface area contributed by atoms with Crippen LogP contribution in [-0.4, -0.2) is 6.54 Å². The molecule has 0 bridgehead atoms. The molecule has 1 aromatic carbocycles. The van der Waals surface area contributed by atoms with Crippen molar-refractivity contribution in [2.75, 3.05) is 11.9 Å². The van der Waals surface area contributed by atoms with Crippen LogP contribution in [0, 0.1) is 11.8 Å². The lowest BCUT2D eigenvalue weighted by molar-refractivity contribution is 0.293. The van der Waals surface area contributed by atoms with Gasteiger partial charge in [-0.2, -0.15) is 0 Å². The fraction of sp³-hybridized carbons (Fsp3) is 0.667. The van der Waals surface area contributed by atoms with E-state index in [4.69, 9.17) is 0 Å². The molecule has 1 heteroatoms. The van der Waals surface area contributed by atoms with E-state index in [1.54, 1.807) is 0 Å². The van der Waals surface area contributed by atoms with E-state index in [-0.39, 0.29) is 0 Å². The summed E-state index contributed by atoms with van der Waals surface area (Å²) in [4.78, 5) is 0. The third kappa shape index (κ3) is 4.26. The lowest BCUT2D eigenvalue weighted by Gasteiger charge is -2.27. The summed E-state index contributed by atoms with van der Waals surface area (Å²) in [5.41, 5.74) is 2.74. The highest BCUT2D eigenvalue weighted by Gasteiger charge is 2.18. The summed E-state index contributed by atoms with van der Waals surface area (Å²) < 4.78 is 0. The summed E-state index contributed by atoms with van der Waals surface area (Å²) in [7, 11) is 0. The van der Waals surface area contributed by atoms with Crippen LogP contribution in [0.4, 0.5) is 5.69 Å². The van der Waals surface area contributed by atoms with Crippen LogP contribution >= 0.6 is 0 Å². The first-order valence-electron chi connectivity index (χ1n) is 8.02. The third-order valence-corrected chi connectivity index (χ3v) is 4.73. The molecule has 106 valence electrons. The zero-order valence-electron chi connectivity index (χ0n) is 12.8. The molecule has 1 aliphatic carbocycles. The standard InChI is InChI=1S/C18H29N/c1-4-15(3)17-8-10-18(11-9-17)19-13-16-7-5-6-14(2)12-16/h8-11,14-16,19H,4-7,12-13H2,1-3H3. The maximum atomic E-state index is 3.62. The Morgan fingerprint density at radius 2 is 1.95 bits per heavy atom. The van der Waals surface area contributed by atoms with Crippen LogP contribution in [0.2, 0.25) is 0 Å². The van der Waals surface area contributed by atoms with Crippen LogP contribution in [0.3, 0.4) is 0 Å². The molecular formula is C18H29N. The molecule has 1 N–H and O–H groups in total. The molecule has 3 unspecified atom stereocenters. The molecular weight excluding hydrogens is 230 g/mol. The van der Waals surface area contributed by atoms with Gasteiger partial charge in [-0.05, 0) is 54.7 Å². The number of benzene rings is 1. The molecule has 0 aliphatic heterocycles. The van der Waals surface area contributed by atoms with Crippen molar-refractivity contribution in [3.63, 3.8) is 0 Å². The molecule has 0 saturated heterocycles. The molecule has 0 aromatic heterocycles. The summed E-state index contributed by atoms with van der Waals surface area (Å²) in [6, 6.07) is 9.04. The van der Waals surface area contributed by atoms with Crippen LogP contribution in [0.1, 0.15) is 64.4 Å². The number of rotatable bonds is 5. The third-order valence-electron chi connectivity index (χ3n) is 4.73. The van der Waals surface area contributed by atoms with Gasteiger partial charge in [0.2, 0.25) is 0 Å². The number of anilines is 1. The number of hydrogen-bond donors (Lipinski definition) is 1. The average molecular weight is 259 g/mol. The minimum Gasteiger partial charge on any atom is -0.385 e. The van der Waals surface area contributed by atoms with Gasteiger partial charge < -0.3 is 5.32 Å². The highest BCUT2D eigenvalue weighted by atomic mass is 14.9. The van der Waals surface area contributed by atoms with Crippen LogP contribution in [0.5, 0.6) is 0 Å². The summed E-state index contributed by atoms with van der Waals surface area (Å²) in [5.74, 6) is 2.47. The Morgan fingerprint density at radius 3 is 2.58 bits per heavy atom. The molecule has 2 rings (SSSR count). The fourth-order valence-corrected chi connectivity index (χ4v) is 3.17. The maximum absolute atomic E-state index is 3.62. The summed E-state index contributed by atoms with van der Waals surface area (Å²) >= 11 is 0. The van der Waals surface area contributed by atoms with E-state index >= 15 is 0 Å². The molecule has 0 heterocycles. The highest BCUT2D eigenvalue weighted by molar-refractivity contribution is 5.45. The average Bonchev–Trinajstić information content (AvgIpc) is 2.45. The van der Waals surface area contributed by atoms with Gasteiger partial charge in [0.25, 0.3) is 0 Å². The van der Waals surface area contributed by atoms with E-state index in [0.717, 1.165) is 18.4 Å². The predicted octanol–water partition coefficient (Wildman–Crippen LogP) is 5.44. The molecule has 1 aliphatic rings. The van der Waals surface area contributed by atoms with Gasteiger partial charge in [-0.3, -0.25) is 0 Å². The first-order chi connectivity index (χ1) is 9.19. The lowest BCUT2D eigenvalue weighted by Crippen LogP contribution is -2.20. The molecule has 0 amide bonds. The molecule has 3 atom stereocenters. The molecule has 1 fully saturated rings. The van der Waals surface area contributed by atoms with Crippen LogP contribution in [0.25, 0.3) is 0 Å². The molecule has 1 nitrogen and oxygen atoms in total. The largest absolute Gasteiger partial charge is 0.385 e. The Bertz CT molecular complexity index is 368. The molecule has 1 saturated carbocycles. The SMILES string of the molecule is CCC(C)c1ccc(NCC2CCCC(C)C2)cc1. The zero-order chi connectivity index (χ0) is 13.7. The second kappa shape index (κ2) is 6.98. The van der Waals surface area contributed by atoms with Crippen molar-refractivity contribution in [2.45, 2.75) is 58.8 Å². The topological polar surface area (TPSA) is 12.0 Å². The van der Waals surface area contributed by atoms with Gasteiger partial charge in [0.15, 0.2) is 0 Å². The predicted molar refractivity (Wildman–Crippen MR) is 84.8 cm³/mol. The Morgan fingerprint density at radius 1 is 1.21 bits per heavy atom. The monoisotopic (exact) mass is 259 g/mol. The van der Waals surface area contributed by atoms with Crippen LogP contribution < -0.4 is 5.32 Å². The van der Waals surface area contributed by atoms with E-state index < -0.39 is 0 Å². The van der Waals surface area contributed by atoms with Crippen molar-refractivity contribution in [2.24, 2.45) is 11.8 Å². The van der Waals surface area contributed by atoms with E-state index in [1.807, 2.05) is 0 Å². The van der Waals surface area contributed by atoms with E-state index in [0.29, 0.717) is 5.92 Å². The maximum Gasteiger partial charge on any atom is 0.0340 e. The minimum atomic E-state index is 0.674. The quantitative estimate of drug-likeness (QED) is 0.742. The van der Waals surface area contributed by atoms with Crippen molar-refractivity contribution in [3.8, 4) is 0 Å². The minimum absolute atomic E-state index is 0.674. The smallest absolute Gasteiger partial charge is 0.0340 e. The van der Waals surface area contributed by atoms with E-state index in [9.17, 15) is 0 Å². The number of nitrogens with one attached hydrogen (secondary N) is 1. The molecule has 19 heavy (non-hydrogen) atoms. The Balaban J connectivity index is 1.82. The van der Waals surface area contributed by atoms with Gasteiger partial charge in [-0.1, -0.05) is 45.7 Å². The molecule has 1 aromatic rings. The lowest BCUT2D eigenvalue weighted by atomic mass is 9.82. The van der Waals surface area contributed by atoms with Gasteiger partial charge in [0, 0.05) is 12.2 Å². The van der Waals surface area contributed by atoms with Crippen molar-refractivity contribution in [1.29, 1.82) is 0 Å². The van der Waals surface area contributed by atoms with Gasteiger partial charge in [-0.15, -0.1) is 0 Å². The first-order valence-corrected chi connectivity index (χ1v) is 8.02. The Hall–Kier alpha value is -0.980. The number of hydrogen-bond acceptors (Lipinski definition) is 1. The first kappa shape index (κ1) is 14.4. The molecule has 0 spiro atoms. The van der Waals surface area contributed by atoms with Gasteiger partial charge in [-0.25, -0.2) is 0 Å². The highest BCUT2D eigenvalue weighted by Crippen LogP contribution is 2.29. The Kier molecular flexibility index (Phi) is 5.30. The molecule has 0 radical (unpaired) electrons. The second-order valence-corrected chi connectivity index (χ2v) is 6.45. The van der Waals surface area contributed by atoms with E-state index in [2.05, 4.69) is 50.4 Å². The normalized spacial score (nSPS) is 25.0. The summed E-state index contributed by atoms with van der Waals surface area (Å²) in [5, 5.41) is 3.62. The summed E-state index contributed by atoms with van der Waals surface area (Å²) in [6.07, 6.45) is 6.87. The van der Waals surface area contributed by atoms with Crippen molar-refractivity contribution in [3.05, 3.63) is 29.8 Å². The van der Waals surface area contributed by atoms with Crippen molar-refractivity contribution >= 4 is 5.69 Å². The van der Waals surface area contributed by atoms with Crippen molar-refractivity contribution in [1.82, 2.24) is 0 Å². The Labute approximate surface area is 118 Å². The van der Waals surface area contributed by atoms with Gasteiger partial charge in [0.05, 0.1) is 0 Å². The van der Waals surface area contributed by atoms with Gasteiger partial charge >= 0.3 is 0 Å². The van der Waals surface area contributed by atoms with E-state index in [1.165, 1.54) is 43.4 Å².